The van der Waals surface area contributed by atoms with Crippen molar-refractivity contribution >= 4 is 11.9 Å². The van der Waals surface area contributed by atoms with E-state index in [9.17, 15) is 9.59 Å². The molecule has 0 saturated carbocycles. The van der Waals surface area contributed by atoms with Gasteiger partial charge in [0.25, 0.3) is 0 Å². The van der Waals surface area contributed by atoms with Gasteiger partial charge in [0.2, 0.25) is 5.91 Å². The number of carbonyl (C=O) groups is 2. The van der Waals surface area contributed by atoms with Gasteiger partial charge in [-0.1, -0.05) is 13.8 Å². The number of hydrogen-bond acceptors (Lipinski definition) is 3. The van der Waals surface area contributed by atoms with E-state index in [1.807, 2.05) is 6.07 Å². The van der Waals surface area contributed by atoms with Crippen LogP contribution < -0.4 is 5.32 Å². The fraction of sp³-hybridized carbons (Fsp3) is 0.727. The minimum absolute atomic E-state index is 0.244. The lowest BCUT2D eigenvalue weighted by atomic mass is 9.95. The summed E-state index contributed by atoms with van der Waals surface area (Å²) in [5, 5.41) is 19.7. The molecule has 0 aliphatic rings. The van der Waals surface area contributed by atoms with Gasteiger partial charge in [0.15, 0.2) is 0 Å². The minimum Gasteiger partial charge on any atom is -0.481 e. The number of unbranched alkanes of at least 4 members (excludes halogenated alkanes) is 2. The molecule has 0 bridgehead atoms. The molecule has 0 aromatic rings. The summed E-state index contributed by atoms with van der Waals surface area (Å²) < 4.78 is 0. The fourth-order valence-corrected chi connectivity index (χ4v) is 1.14. The van der Waals surface area contributed by atoms with Gasteiger partial charge in [0.05, 0.1) is 12.0 Å². The highest BCUT2D eigenvalue weighted by Gasteiger charge is 2.25. The first kappa shape index (κ1) is 14.4. The van der Waals surface area contributed by atoms with Crippen LogP contribution in [0, 0.1) is 23.2 Å². The summed E-state index contributed by atoms with van der Waals surface area (Å²) in [5.74, 6) is -2.42. The molecular formula is C11H18N2O3. The number of aliphatic carboxylic acids is 1. The molecule has 0 spiro atoms. The van der Waals surface area contributed by atoms with Crippen molar-refractivity contribution in [3.05, 3.63) is 0 Å². The maximum atomic E-state index is 11.5. The Morgan fingerprint density at radius 2 is 1.94 bits per heavy atom. The number of hydrogen-bond donors (Lipinski definition) is 2. The topological polar surface area (TPSA) is 90.2 Å². The summed E-state index contributed by atoms with van der Waals surface area (Å²) in [7, 11) is 0. The first-order valence-electron chi connectivity index (χ1n) is 5.38. The number of carboxylic acids is 1. The van der Waals surface area contributed by atoms with Crippen LogP contribution >= 0.6 is 0 Å². The van der Waals surface area contributed by atoms with E-state index in [2.05, 4.69) is 5.32 Å². The van der Waals surface area contributed by atoms with Crippen LogP contribution in [0.3, 0.4) is 0 Å². The fourth-order valence-electron chi connectivity index (χ4n) is 1.14. The van der Waals surface area contributed by atoms with E-state index in [4.69, 9.17) is 10.4 Å². The average Bonchev–Trinajstić information content (AvgIpc) is 2.26. The lowest BCUT2D eigenvalue weighted by Crippen LogP contribution is -2.35. The zero-order valence-electron chi connectivity index (χ0n) is 9.69. The van der Waals surface area contributed by atoms with Crippen LogP contribution in [0.4, 0.5) is 0 Å². The van der Waals surface area contributed by atoms with E-state index in [1.54, 1.807) is 6.92 Å². The molecule has 90 valence electrons. The van der Waals surface area contributed by atoms with Gasteiger partial charge < -0.3 is 10.4 Å². The smallest absolute Gasteiger partial charge is 0.307 e. The maximum absolute atomic E-state index is 11.5. The van der Waals surface area contributed by atoms with Crippen molar-refractivity contribution in [1.82, 2.24) is 5.32 Å². The molecule has 0 heterocycles. The normalized spacial score (nSPS) is 13.6. The summed E-state index contributed by atoms with van der Waals surface area (Å²) in [4.78, 5) is 22.1. The van der Waals surface area contributed by atoms with Crippen LogP contribution in [0.1, 0.15) is 33.1 Å². The summed E-state index contributed by atoms with van der Waals surface area (Å²) in [6.07, 6.45) is 1.98. The second-order valence-electron chi connectivity index (χ2n) is 3.82. The van der Waals surface area contributed by atoms with Crippen molar-refractivity contribution in [2.24, 2.45) is 11.8 Å². The molecule has 2 unspecified atom stereocenters. The van der Waals surface area contributed by atoms with Crippen LogP contribution in [0.2, 0.25) is 0 Å². The average molecular weight is 226 g/mol. The quantitative estimate of drug-likeness (QED) is 0.637. The Balaban J connectivity index is 3.80. The number of carboxylic acid groups (broad SMARTS) is 1. The number of nitrogens with zero attached hydrogens (tertiary/aromatic N) is 1. The lowest BCUT2D eigenvalue weighted by molar-refractivity contribution is -0.146. The lowest BCUT2D eigenvalue weighted by Gasteiger charge is -2.15. The maximum Gasteiger partial charge on any atom is 0.307 e. The molecule has 2 atom stereocenters. The molecule has 0 radical (unpaired) electrons. The molecule has 5 nitrogen and oxygen atoms in total. The largest absolute Gasteiger partial charge is 0.481 e. The third-order valence-electron chi connectivity index (χ3n) is 2.57. The van der Waals surface area contributed by atoms with Crippen LogP contribution in [-0.2, 0) is 9.59 Å². The molecule has 0 aromatic carbocycles. The predicted octanol–water partition coefficient (Wildman–Crippen LogP) is 1.15. The summed E-state index contributed by atoms with van der Waals surface area (Å²) in [6.45, 7) is 3.61. The molecular weight excluding hydrogens is 208 g/mol. The van der Waals surface area contributed by atoms with Crippen LogP contribution in [0.25, 0.3) is 0 Å². The van der Waals surface area contributed by atoms with Gasteiger partial charge in [-0.2, -0.15) is 5.26 Å². The van der Waals surface area contributed by atoms with Crippen molar-refractivity contribution in [2.45, 2.75) is 33.1 Å². The number of amides is 1. The van der Waals surface area contributed by atoms with Crippen LogP contribution in [-0.4, -0.2) is 23.5 Å². The van der Waals surface area contributed by atoms with Crippen molar-refractivity contribution in [1.29, 1.82) is 5.26 Å². The third kappa shape index (κ3) is 5.35. The number of rotatable bonds is 7. The van der Waals surface area contributed by atoms with E-state index in [0.717, 1.165) is 12.8 Å². The molecule has 0 aromatic heterocycles. The monoisotopic (exact) mass is 226 g/mol. The van der Waals surface area contributed by atoms with Crippen molar-refractivity contribution < 1.29 is 14.7 Å². The molecule has 0 aliphatic carbocycles. The zero-order chi connectivity index (χ0) is 12.6. The van der Waals surface area contributed by atoms with E-state index >= 15 is 0 Å². The number of nitrogens with one attached hydrogen (secondary N) is 1. The molecule has 0 saturated heterocycles. The zero-order valence-corrected chi connectivity index (χ0v) is 9.69. The van der Waals surface area contributed by atoms with Crippen LogP contribution in [0.15, 0.2) is 0 Å². The Kier molecular flexibility index (Phi) is 6.93. The molecule has 5 heteroatoms. The van der Waals surface area contributed by atoms with E-state index in [-0.39, 0.29) is 5.91 Å². The highest BCUT2D eigenvalue weighted by molar-refractivity contribution is 5.84. The van der Waals surface area contributed by atoms with E-state index in [0.29, 0.717) is 13.0 Å². The van der Waals surface area contributed by atoms with Gasteiger partial charge in [-0.05, 0) is 12.8 Å². The molecule has 16 heavy (non-hydrogen) atoms. The number of nitriles is 1. The molecule has 0 fully saturated rings. The van der Waals surface area contributed by atoms with Gasteiger partial charge in [0.1, 0.15) is 0 Å². The first-order valence-corrected chi connectivity index (χ1v) is 5.38. The van der Waals surface area contributed by atoms with Crippen LogP contribution in [0.5, 0.6) is 0 Å². The van der Waals surface area contributed by atoms with Gasteiger partial charge in [-0.3, -0.25) is 9.59 Å². The highest BCUT2D eigenvalue weighted by Crippen LogP contribution is 2.10. The highest BCUT2D eigenvalue weighted by atomic mass is 16.4. The number of carbonyl (C=O) groups excluding carboxylic acids is 1. The second-order valence-corrected chi connectivity index (χ2v) is 3.82. The van der Waals surface area contributed by atoms with Gasteiger partial charge in [0, 0.05) is 18.9 Å². The summed E-state index contributed by atoms with van der Waals surface area (Å²) in [6, 6.07) is 2.02. The molecule has 1 amide bonds. The second kappa shape index (κ2) is 7.69. The molecule has 0 rings (SSSR count). The standard InChI is InChI=1S/C11H18N2O3/c1-8(9(2)11(15)16)10(14)13-7-5-3-4-6-12/h8-9H,3-5,7H2,1-2H3,(H,13,14)(H,15,16). The Labute approximate surface area is 95.4 Å². The summed E-state index contributed by atoms with van der Waals surface area (Å²) in [5.41, 5.74) is 0. The van der Waals surface area contributed by atoms with Crippen molar-refractivity contribution in [3.8, 4) is 6.07 Å². The Bertz CT molecular complexity index is 283. The summed E-state index contributed by atoms with van der Waals surface area (Å²) >= 11 is 0. The molecule has 0 aliphatic heterocycles. The van der Waals surface area contributed by atoms with Gasteiger partial charge in [-0.15, -0.1) is 0 Å². The predicted molar refractivity (Wildman–Crippen MR) is 58.4 cm³/mol. The Morgan fingerprint density at radius 1 is 1.31 bits per heavy atom. The Morgan fingerprint density at radius 3 is 2.44 bits per heavy atom. The van der Waals surface area contributed by atoms with Gasteiger partial charge in [-0.25, -0.2) is 0 Å². The molecule has 2 N–H and O–H groups in total. The van der Waals surface area contributed by atoms with Crippen molar-refractivity contribution in [3.63, 3.8) is 0 Å². The van der Waals surface area contributed by atoms with Crippen molar-refractivity contribution in [2.75, 3.05) is 6.54 Å². The van der Waals surface area contributed by atoms with Gasteiger partial charge >= 0.3 is 5.97 Å². The van der Waals surface area contributed by atoms with E-state index in [1.165, 1.54) is 6.92 Å². The minimum atomic E-state index is -0.966. The SMILES string of the molecule is CC(C(=O)O)C(C)C(=O)NCCCCC#N. The third-order valence-corrected chi connectivity index (χ3v) is 2.57. The first-order chi connectivity index (χ1) is 7.50. The van der Waals surface area contributed by atoms with E-state index < -0.39 is 17.8 Å². The Hall–Kier alpha value is -1.57.